The van der Waals surface area contributed by atoms with Crippen molar-refractivity contribution in [2.45, 2.75) is 117 Å². The lowest BCUT2D eigenvalue weighted by Gasteiger charge is -2.59. The topological polar surface area (TPSA) is 17.1 Å². The van der Waals surface area contributed by atoms with Crippen molar-refractivity contribution in [3.8, 4) is 0 Å². The molecule has 0 N–H and O–H groups in total. The summed E-state index contributed by atoms with van der Waals surface area (Å²) in [6.45, 7) is 7.27. The van der Waals surface area contributed by atoms with Gasteiger partial charge in [0.2, 0.25) is 0 Å². The van der Waals surface area contributed by atoms with Gasteiger partial charge < -0.3 is 0 Å². The Morgan fingerprint density at radius 2 is 1.71 bits per heavy atom. The van der Waals surface area contributed by atoms with Gasteiger partial charge in [-0.05, 0) is 80.5 Å². The quantitative estimate of drug-likeness (QED) is 0.322. The van der Waals surface area contributed by atoms with E-state index in [9.17, 15) is 4.79 Å². The van der Waals surface area contributed by atoms with Crippen molar-refractivity contribution in [2.75, 3.05) is 0 Å². The zero-order valence-corrected chi connectivity index (χ0v) is 18.9. The lowest BCUT2D eigenvalue weighted by atomic mass is 9.45. The van der Waals surface area contributed by atoms with Gasteiger partial charge in [-0.3, -0.25) is 4.79 Å². The molecular weight excluding hydrogens is 340 g/mol. The fraction of sp³-hybridized carbons (Fsp3) is 0.889. The summed E-state index contributed by atoms with van der Waals surface area (Å²) in [7, 11) is 0. The van der Waals surface area contributed by atoms with Gasteiger partial charge in [-0.1, -0.05) is 70.9 Å². The number of allylic oxidation sites excluding steroid dienone is 2. The van der Waals surface area contributed by atoms with Crippen LogP contribution in [0.3, 0.4) is 0 Å². The first kappa shape index (κ1) is 20.7. The Bertz CT molecular complexity index is 603. The predicted molar refractivity (Wildman–Crippen MR) is 118 cm³/mol. The lowest BCUT2D eigenvalue weighted by molar-refractivity contribution is -0.133. The highest BCUT2D eigenvalue weighted by Crippen LogP contribution is 2.66. The van der Waals surface area contributed by atoms with Crippen LogP contribution in [0, 0.1) is 34.5 Å². The molecule has 4 rings (SSSR count). The molecule has 0 heterocycles. The number of ketones is 1. The van der Waals surface area contributed by atoms with Crippen molar-refractivity contribution in [1.29, 1.82) is 0 Å². The number of carbonyl (C=O) groups excluding carboxylic acids is 1. The highest BCUT2D eigenvalue weighted by atomic mass is 16.1. The molecule has 0 radical (unpaired) electrons. The van der Waals surface area contributed by atoms with Crippen LogP contribution in [-0.4, -0.2) is 5.78 Å². The van der Waals surface area contributed by atoms with E-state index in [1.54, 1.807) is 0 Å². The zero-order chi connectivity index (χ0) is 19.8. The minimum atomic E-state index is 0.0259. The molecule has 28 heavy (non-hydrogen) atoms. The minimum Gasteiger partial charge on any atom is -0.299 e. The molecule has 0 aliphatic heterocycles. The highest BCUT2D eigenvalue weighted by molar-refractivity contribution is 5.87. The van der Waals surface area contributed by atoms with E-state index >= 15 is 0 Å². The molecule has 0 aromatic carbocycles. The maximum atomic E-state index is 12.7. The first-order valence-corrected chi connectivity index (χ1v) is 12.7. The average molecular weight is 385 g/mol. The van der Waals surface area contributed by atoms with E-state index in [0.717, 1.165) is 24.2 Å². The van der Waals surface area contributed by atoms with Gasteiger partial charge in [-0.15, -0.1) is 0 Å². The van der Waals surface area contributed by atoms with E-state index in [4.69, 9.17) is 0 Å². The summed E-state index contributed by atoms with van der Waals surface area (Å²) in [6, 6.07) is 0. The van der Waals surface area contributed by atoms with Gasteiger partial charge >= 0.3 is 0 Å². The van der Waals surface area contributed by atoms with Gasteiger partial charge in [-0.25, -0.2) is 0 Å². The Labute approximate surface area is 174 Å². The first-order chi connectivity index (χ1) is 13.5. The van der Waals surface area contributed by atoms with Gasteiger partial charge in [-0.2, -0.15) is 0 Å². The third-order valence-corrected chi connectivity index (χ3v) is 9.79. The number of rotatable bonds is 7. The summed E-state index contributed by atoms with van der Waals surface area (Å²) in [5, 5.41) is 0. The van der Waals surface area contributed by atoms with E-state index < -0.39 is 0 Å². The molecule has 158 valence electrons. The van der Waals surface area contributed by atoms with Crippen molar-refractivity contribution < 1.29 is 4.79 Å². The van der Waals surface area contributed by atoms with Crippen molar-refractivity contribution >= 4 is 5.78 Å². The molecule has 3 fully saturated rings. The van der Waals surface area contributed by atoms with E-state index in [-0.39, 0.29) is 5.41 Å². The molecule has 0 aromatic rings. The van der Waals surface area contributed by atoms with Crippen LogP contribution in [0.5, 0.6) is 0 Å². The molecule has 4 aliphatic rings. The fourth-order valence-electron chi connectivity index (χ4n) is 8.22. The zero-order valence-electron chi connectivity index (χ0n) is 18.9. The molecule has 4 aliphatic carbocycles. The van der Waals surface area contributed by atoms with Crippen molar-refractivity contribution in [3.05, 3.63) is 11.6 Å². The summed E-state index contributed by atoms with van der Waals surface area (Å²) < 4.78 is 0. The number of unbranched alkanes of at least 4 members (excludes halogenated alkanes) is 5. The Balaban J connectivity index is 1.50. The minimum absolute atomic E-state index is 0.0259. The molecule has 1 heteroatoms. The normalized spacial score (nSPS) is 42.5. The number of hydrogen-bond acceptors (Lipinski definition) is 1. The number of hydrogen-bond donors (Lipinski definition) is 0. The maximum absolute atomic E-state index is 12.7. The molecule has 0 aromatic heterocycles. The van der Waals surface area contributed by atoms with E-state index in [1.165, 1.54) is 89.9 Å². The van der Waals surface area contributed by atoms with Gasteiger partial charge in [0.15, 0.2) is 0 Å². The monoisotopic (exact) mass is 384 g/mol. The van der Waals surface area contributed by atoms with Gasteiger partial charge in [0.25, 0.3) is 0 Å². The molecule has 0 saturated heterocycles. The van der Waals surface area contributed by atoms with Crippen molar-refractivity contribution in [2.24, 2.45) is 34.5 Å². The van der Waals surface area contributed by atoms with E-state index in [1.807, 2.05) is 5.57 Å². The maximum Gasteiger partial charge on any atom is 0.139 e. The molecule has 6 atom stereocenters. The molecular formula is C27H44O. The van der Waals surface area contributed by atoms with Crippen molar-refractivity contribution in [1.82, 2.24) is 0 Å². The number of Topliss-reactive ketones (excluding diaryl/α,β-unsaturated/α-hetero) is 1. The fourth-order valence-corrected chi connectivity index (χ4v) is 8.22. The van der Waals surface area contributed by atoms with Crippen LogP contribution in [0.15, 0.2) is 11.6 Å². The second kappa shape index (κ2) is 8.27. The average Bonchev–Trinajstić information content (AvgIpc) is 2.99. The summed E-state index contributed by atoms with van der Waals surface area (Å²) in [4.78, 5) is 12.7. The third kappa shape index (κ3) is 3.43. The first-order valence-electron chi connectivity index (χ1n) is 12.7. The van der Waals surface area contributed by atoms with Gasteiger partial charge in [0, 0.05) is 11.8 Å². The van der Waals surface area contributed by atoms with Crippen LogP contribution in [-0.2, 0) is 4.79 Å². The second-order valence-electron chi connectivity index (χ2n) is 11.3. The van der Waals surface area contributed by atoms with E-state index in [0.29, 0.717) is 17.1 Å². The molecule has 1 nitrogen and oxygen atoms in total. The molecule has 0 bridgehead atoms. The number of carbonyl (C=O) groups is 1. The Morgan fingerprint density at radius 3 is 2.54 bits per heavy atom. The molecule has 3 saturated carbocycles. The SMILES string of the molecule is CCCCCCCC[C@H]1C[C@@H]2[C@H](CC[C@]3(C)C(=O)CC[C@@H]23)[C@@]2(C)CCCC=C12. The second-order valence-corrected chi connectivity index (χ2v) is 11.3. The summed E-state index contributed by atoms with van der Waals surface area (Å²) in [6.07, 6.45) is 22.6. The van der Waals surface area contributed by atoms with Crippen LogP contribution >= 0.6 is 0 Å². The third-order valence-electron chi connectivity index (χ3n) is 9.79. The summed E-state index contributed by atoms with van der Waals surface area (Å²) in [5.74, 6) is 3.76. The molecule has 0 amide bonds. The molecule has 0 unspecified atom stereocenters. The van der Waals surface area contributed by atoms with Crippen LogP contribution < -0.4 is 0 Å². The van der Waals surface area contributed by atoms with Crippen LogP contribution in [0.4, 0.5) is 0 Å². The lowest BCUT2D eigenvalue weighted by Crippen LogP contribution is -2.52. The highest BCUT2D eigenvalue weighted by Gasteiger charge is 2.59. The smallest absolute Gasteiger partial charge is 0.139 e. The predicted octanol–water partition coefficient (Wildman–Crippen LogP) is 7.89. The summed E-state index contributed by atoms with van der Waals surface area (Å²) in [5.41, 5.74) is 2.33. The largest absolute Gasteiger partial charge is 0.299 e. The Morgan fingerprint density at radius 1 is 0.964 bits per heavy atom. The van der Waals surface area contributed by atoms with Crippen LogP contribution in [0.2, 0.25) is 0 Å². The van der Waals surface area contributed by atoms with Gasteiger partial charge in [0.1, 0.15) is 5.78 Å². The van der Waals surface area contributed by atoms with Crippen molar-refractivity contribution in [3.63, 3.8) is 0 Å². The molecule has 0 spiro atoms. The Kier molecular flexibility index (Phi) is 6.11. The van der Waals surface area contributed by atoms with Crippen LogP contribution in [0.25, 0.3) is 0 Å². The summed E-state index contributed by atoms with van der Waals surface area (Å²) >= 11 is 0. The standard InChI is InChI=1S/C27H44O/c1-4-5-6-7-8-9-12-20-19-21-23-14-15-25(28)27(23,3)18-16-24(21)26(2)17-11-10-13-22(20)26/h13,20-21,23-24H,4-12,14-19H2,1-3H3/t20-,21-,23-,24-,26-,27-/m0/s1. The van der Waals surface area contributed by atoms with Gasteiger partial charge in [0.05, 0.1) is 0 Å². The Hall–Kier alpha value is -0.590. The van der Waals surface area contributed by atoms with E-state index in [2.05, 4.69) is 26.8 Å². The van der Waals surface area contributed by atoms with Crippen LogP contribution in [0.1, 0.15) is 117 Å². The number of fused-ring (bicyclic) bond motifs is 5.